The maximum Gasteiger partial charge on any atom is 0.573 e. The predicted molar refractivity (Wildman–Crippen MR) is 193 cm³/mol. The second-order valence-electron chi connectivity index (χ2n) is 12.0. The Labute approximate surface area is 307 Å². The van der Waals surface area contributed by atoms with E-state index in [1.165, 1.54) is 30.3 Å². The van der Waals surface area contributed by atoms with Gasteiger partial charge in [0.2, 0.25) is 5.88 Å². The zero-order valence-electron chi connectivity index (χ0n) is 28.3. The maximum absolute atomic E-state index is 13.6. The van der Waals surface area contributed by atoms with Crippen LogP contribution in [0.4, 0.5) is 23.2 Å². The van der Waals surface area contributed by atoms with E-state index in [4.69, 9.17) is 9.47 Å². The number of rotatable bonds is 11. The molecule has 0 N–H and O–H groups in total. The van der Waals surface area contributed by atoms with Gasteiger partial charge >= 0.3 is 6.36 Å². The van der Waals surface area contributed by atoms with Gasteiger partial charge in [0.1, 0.15) is 36.2 Å². The summed E-state index contributed by atoms with van der Waals surface area (Å²) in [6.45, 7) is 2.91. The average molecular weight is 787 g/mol. The van der Waals surface area contributed by atoms with Crippen molar-refractivity contribution in [1.29, 1.82) is 0 Å². The lowest BCUT2D eigenvalue weighted by Gasteiger charge is -2.34. The molecular weight excluding hydrogens is 750 g/mol. The molecule has 2 amide bonds. The highest BCUT2D eigenvalue weighted by molar-refractivity contribution is 8.93. The summed E-state index contributed by atoms with van der Waals surface area (Å²) in [7, 11) is 3.37. The molecule has 1 fully saturated rings. The van der Waals surface area contributed by atoms with Crippen molar-refractivity contribution in [2.45, 2.75) is 12.9 Å². The van der Waals surface area contributed by atoms with Gasteiger partial charge in [-0.15, -0.1) is 30.2 Å². The number of fused-ring (bicyclic) bond motifs is 1. The van der Waals surface area contributed by atoms with Gasteiger partial charge < -0.3 is 28.6 Å². The van der Waals surface area contributed by atoms with Crippen molar-refractivity contribution >= 4 is 45.4 Å². The molecule has 0 atom stereocenters. The van der Waals surface area contributed by atoms with Crippen molar-refractivity contribution < 1.29 is 41.4 Å². The number of nitrogens with zero attached hydrogens (tertiary/aromatic N) is 5. The standard InChI is InChI=1S/C37H35F4N5O5.BrH/c1-43(35(47)26-5-11-30(12-6-26)51-37(39,40)41)28-8-14-34(42-23-28)50-31-13-7-27-21-33(44(2)32(27)22-31)36(48)46-18-16-45(17-19-46)24-25-3-9-29(10-4-25)49-20-15-38;/h3-14,21-23H,15-20,24H2,1-2H3;1H. The number of hydrogen-bond donors (Lipinski definition) is 0. The summed E-state index contributed by atoms with van der Waals surface area (Å²) in [5.41, 5.74) is 3.11. The molecule has 1 aliphatic heterocycles. The van der Waals surface area contributed by atoms with Crippen LogP contribution in [0.15, 0.2) is 91.1 Å². The molecule has 0 bridgehead atoms. The van der Waals surface area contributed by atoms with Crippen molar-refractivity contribution in [2.24, 2.45) is 7.05 Å². The van der Waals surface area contributed by atoms with Crippen LogP contribution in [0.1, 0.15) is 26.4 Å². The van der Waals surface area contributed by atoms with E-state index in [1.807, 2.05) is 59.0 Å². The molecule has 6 rings (SSSR count). The third-order valence-electron chi connectivity index (χ3n) is 8.54. The summed E-state index contributed by atoms with van der Waals surface area (Å²) in [6, 6.07) is 22.9. The second-order valence-corrected chi connectivity index (χ2v) is 12.0. The molecule has 2 aromatic heterocycles. The fourth-order valence-corrected chi connectivity index (χ4v) is 5.82. The summed E-state index contributed by atoms with van der Waals surface area (Å²) < 4.78 is 66.7. The molecule has 0 saturated carbocycles. The van der Waals surface area contributed by atoms with Crippen molar-refractivity contribution in [3.8, 4) is 23.1 Å². The van der Waals surface area contributed by atoms with Crippen LogP contribution in [0.5, 0.6) is 23.1 Å². The number of carbonyl (C=O) groups is 2. The monoisotopic (exact) mass is 785 g/mol. The van der Waals surface area contributed by atoms with Gasteiger partial charge in [-0.05, 0) is 66.2 Å². The third kappa shape index (κ3) is 9.19. The minimum absolute atomic E-state index is 0. The van der Waals surface area contributed by atoms with Crippen LogP contribution < -0.4 is 19.1 Å². The first kappa shape index (κ1) is 38.1. The number of amides is 2. The van der Waals surface area contributed by atoms with E-state index in [0.717, 1.165) is 48.2 Å². The highest BCUT2D eigenvalue weighted by atomic mass is 79.9. The summed E-state index contributed by atoms with van der Waals surface area (Å²) in [6.07, 6.45) is -3.37. The zero-order valence-corrected chi connectivity index (χ0v) is 30.0. The first-order valence-corrected chi connectivity index (χ1v) is 16.1. The number of piperazine rings is 1. The fourth-order valence-electron chi connectivity index (χ4n) is 5.82. The smallest absolute Gasteiger partial charge is 0.491 e. The molecule has 3 heterocycles. The minimum atomic E-state index is -4.82. The van der Waals surface area contributed by atoms with E-state index in [-0.39, 0.29) is 40.9 Å². The number of alkyl halides is 4. The van der Waals surface area contributed by atoms with Crippen LogP contribution in [0.3, 0.4) is 0 Å². The Hall–Kier alpha value is -5.15. The number of benzene rings is 3. The van der Waals surface area contributed by atoms with Crippen LogP contribution in [0, 0.1) is 0 Å². The molecule has 1 saturated heterocycles. The largest absolute Gasteiger partial charge is 0.573 e. The van der Waals surface area contributed by atoms with Crippen molar-refractivity contribution in [3.63, 3.8) is 0 Å². The molecule has 3 aromatic carbocycles. The quantitative estimate of drug-likeness (QED) is 0.129. The molecule has 0 spiro atoms. The Kier molecular flexibility index (Phi) is 12.1. The van der Waals surface area contributed by atoms with E-state index in [0.29, 0.717) is 36.0 Å². The Bertz CT molecular complexity index is 1980. The number of carbonyl (C=O) groups excluding carboxylic acids is 2. The normalized spacial score (nSPS) is 13.4. The average Bonchev–Trinajstić information content (AvgIpc) is 3.46. The van der Waals surface area contributed by atoms with Crippen molar-refractivity contribution in [2.75, 3.05) is 51.4 Å². The SMILES string of the molecule is Br.CN(C(=O)c1ccc(OC(F)(F)F)cc1)c1ccc(Oc2ccc3cc(C(=O)N4CCN(Cc5ccc(OCCF)cc5)CC4)n(C)c3c2)nc1. The summed E-state index contributed by atoms with van der Waals surface area (Å²) >= 11 is 0. The number of pyridine rings is 1. The zero-order chi connectivity index (χ0) is 36.1. The van der Waals surface area contributed by atoms with Gasteiger partial charge in [-0.1, -0.05) is 12.1 Å². The Morgan fingerprint density at radius 2 is 1.54 bits per heavy atom. The first-order chi connectivity index (χ1) is 24.5. The van der Waals surface area contributed by atoms with Gasteiger partial charge in [0.15, 0.2) is 0 Å². The Morgan fingerprint density at radius 3 is 2.17 bits per heavy atom. The first-order valence-electron chi connectivity index (χ1n) is 16.1. The lowest BCUT2D eigenvalue weighted by Crippen LogP contribution is -2.48. The molecule has 10 nitrogen and oxygen atoms in total. The van der Waals surface area contributed by atoms with Gasteiger partial charge in [0, 0.05) is 69.9 Å². The highest BCUT2D eigenvalue weighted by Gasteiger charge is 2.31. The van der Waals surface area contributed by atoms with Gasteiger partial charge in [0.05, 0.1) is 17.4 Å². The predicted octanol–water partition coefficient (Wildman–Crippen LogP) is 7.43. The number of halogens is 5. The number of ether oxygens (including phenoxy) is 3. The van der Waals surface area contributed by atoms with E-state index in [9.17, 15) is 27.2 Å². The van der Waals surface area contributed by atoms with E-state index in [1.54, 1.807) is 18.2 Å². The van der Waals surface area contributed by atoms with Crippen LogP contribution in [0.2, 0.25) is 0 Å². The van der Waals surface area contributed by atoms with Gasteiger partial charge in [0.25, 0.3) is 11.8 Å². The minimum Gasteiger partial charge on any atom is -0.491 e. The maximum atomic E-state index is 13.6. The van der Waals surface area contributed by atoms with Gasteiger partial charge in [-0.2, -0.15) is 0 Å². The highest BCUT2D eigenvalue weighted by Crippen LogP contribution is 2.29. The molecular formula is C37H36BrF4N5O5. The summed E-state index contributed by atoms with van der Waals surface area (Å²) in [5, 5.41) is 0.882. The molecule has 274 valence electrons. The van der Waals surface area contributed by atoms with E-state index < -0.39 is 24.7 Å². The lowest BCUT2D eigenvalue weighted by molar-refractivity contribution is -0.274. The van der Waals surface area contributed by atoms with Crippen LogP contribution in [-0.4, -0.2) is 84.0 Å². The summed E-state index contributed by atoms with van der Waals surface area (Å²) in [4.78, 5) is 36.3. The molecule has 1 aliphatic rings. The van der Waals surface area contributed by atoms with Gasteiger partial charge in [-0.3, -0.25) is 14.5 Å². The molecule has 15 heteroatoms. The van der Waals surface area contributed by atoms with Crippen molar-refractivity contribution in [3.05, 3.63) is 108 Å². The van der Waals surface area contributed by atoms with Crippen LogP contribution in [-0.2, 0) is 13.6 Å². The molecule has 0 unspecified atom stereocenters. The van der Waals surface area contributed by atoms with Crippen LogP contribution >= 0.6 is 17.0 Å². The number of aryl methyl sites for hydroxylation is 1. The van der Waals surface area contributed by atoms with Crippen molar-refractivity contribution in [1.82, 2.24) is 19.4 Å². The fraction of sp³-hybridized carbons (Fsp3) is 0.270. The Balaban J connectivity index is 0.00000523. The molecule has 5 aromatic rings. The molecule has 0 radical (unpaired) electrons. The lowest BCUT2D eigenvalue weighted by atomic mass is 10.2. The molecule has 52 heavy (non-hydrogen) atoms. The second kappa shape index (κ2) is 16.5. The van der Waals surface area contributed by atoms with E-state index >= 15 is 0 Å². The topological polar surface area (TPSA) is 89.4 Å². The summed E-state index contributed by atoms with van der Waals surface area (Å²) in [5.74, 6) is 0.500. The van der Waals surface area contributed by atoms with Gasteiger partial charge in [-0.25, -0.2) is 9.37 Å². The Morgan fingerprint density at radius 1 is 0.865 bits per heavy atom. The van der Waals surface area contributed by atoms with E-state index in [2.05, 4.69) is 14.6 Å². The number of hydrogen-bond acceptors (Lipinski definition) is 7. The molecule has 0 aliphatic carbocycles. The van der Waals surface area contributed by atoms with Crippen LogP contribution in [0.25, 0.3) is 10.9 Å². The number of aromatic nitrogens is 2. The third-order valence-corrected chi connectivity index (χ3v) is 8.54. The number of anilines is 1.